The van der Waals surface area contributed by atoms with Crippen molar-refractivity contribution in [2.75, 3.05) is 0 Å². The first kappa shape index (κ1) is 8.53. The van der Waals surface area contributed by atoms with Crippen molar-refractivity contribution in [2.24, 2.45) is 0 Å². The zero-order valence-electron chi connectivity index (χ0n) is 5.63. The lowest BCUT2D eigenvalue weighted by Crippen LogP contribution is -1.65. The molecular weight excluding hydrogens is 124 g/mol. The molecule has 0 unspecified atom stereocenters. The highest BCUT2D eigenvalue weighted by molar-refractivity contribution is 5.64. The minimum atomic E-state index is 0.717. The fourth-order valence-corrected chi connectivity index (χ4v) is 0.421. The second kappa shape index (κ2) is 7.53. The Morgan fingerprint density at radius 3 is 2.90 bits per heavy atom. The van der Waals surface area contributed by atoms with E-state index in [9.17, 15) is 4.79 Å². The Morgan fingerprint density at radius 1 is 1.50 bits per heavy atom. The first-order valence-corrected chi connectivity index (χ1v) is 2.95. The second-order valence-corrected chi connectivity index (χ2v) is 1.55. The maximum absolute atomic E-state index is 9.74. The summed E-state index contributed by atoms with van der Waals surface area (Å²) in [5.74, 6) is 7.43. The Labute approximate surface area is 61.1 Å². The summed E-state index contributed by atoms with van der Waals surface area (Å²) in [5.41, 5.74) is 0. The van der Waals surface area contributed by atoms with E-state index in [4.69, 9.17) is 6.42 Å². The topological polar surface area (TPSA) is 17.1 Å². The van der Waals surface area contributed by atoms with Gasteiger partial charge >= 0.3 is 0 Å². The van der Waals surface area contributed by atoms with Gasteiger partial charge in [-0.25, -0.2) is 0 Å². The largest absolute Gasteiger partial charge is 0.299 e. The van der Waals surface area contributed by atoms with E-state index in [0.717, 1.165) is 12.7 Å². The number of terminal acetylenes is 1. The van der Waals surface area contributed by atoms with Crippen LogP contribution in [0.1, 0.15) is 12.8 Å². The predicted octanol–water partition coefficient (Wildman–Crippen LogP) is 1.16. The van der Waals surface area contributed by atoms with Crippen molar-refractivity contribution < 1.29 is 4.79 Å². The lowest BCUT2D eigenvalue weighted by atomic mass is 10.3. The molecule has 0 aromatic carbocycles. The third kappa shape index (κ3) is 6.53. The first-order valence-electron chi connectivity index (χ1n) is 2.95. The molecule has 0 radical (unpaired) electrons. The molecule has 0 saturated carbocycles. The fourth-order valence-electron chi connectivity index (χ4n) is 0.421. The molecule has 0 N–H and O–H groups in total. The number of allylic oxidation sites excluding steroid dienone is 2. The molecule has 0 atom stereocenters. The molecule has 0 aromatic heterocycles. The van der Waals surface area contributed by atoms with Gasteiger partial charge in [-0.1, -0.05) is 12.0 Å². The van der Waals surface area contributed by atoms with Crippen LogP contribution in [0, 0.1) is 24.2 Å². The number of carbonyl (C=O) groups excluding carboxylic acids is 1. The summed E-state index contributed by atoms with van der Waals surface area (Å²) in [6, 6.07) is 0. The number of rotatable bonds is 3. The zero-order valence-corrected chi connectivity index (χ0v) is 5.63. The lowest BCUT2D eigenvalue weighted by Gasteiger charge is -1.77. The van der Waals surface area contributed by atoms with Gasteiger partial charge in [0, 0.05) is 6.42 Å². The number of hydrogen-bond donors (Lipinski definition) is 0. The quantitative estimate of drug-likeness (QED) is 0.244. The molecule has 0 rings (SSSR count). The van der Waals surface area contributed by atoms with Gasteiger partial charge in [-0.05, 0) is 24.3 Å². The molecule has 0 aliphatic rings. The van der Waals surface area contributed by atoms with Gasteiger partial charge in [-0.3, -0.25) is 4.79 Å². The molecule has 50 valence electrons. The SMILES string of the molecule is C#CC#CCC/C=C\C=O. The summed E-state index contributed by atoms with van der Waals surface area (Å²) in [6.07, 6.45) is 10.3. The highest BCUT2D eigenvalue weighted by atomic mass is 16.1. The summed E-state index contributed by atoms with van der Waals surface area (Å²) < 4.78 is 0. The van der Waals surface area contributed by atoms with Crippen molar-refractivity contribution in [3.63, 3.8) is 0 Å². The van der Waals surface area contributed by atoms with E-state index >= 15 is 0 Å². The second-order valence-electron chi connectivity index (χ2n) is 1.55. The number of carbonyl (C=O) groups is 1. The monoisotopic (exact) mass is 132 g/mol. The molecule has 0 fully saturated rings. The lowest BCUT2D eigenvalue weighted by molar-refractivity contribution is -0.104. The van der Waals surface area contributed by atoms with E-state index in [1.165, 1.54) is 6.08 Å². The van der Waals surface area contributed by atoms with E-state index in [1.54, 1.807) is 6.08 Å². The molecule has 0 aliphatic heterocycles. The Kier molecular flexibility index (Phi) is 6.42. The Hall–Kier alpha value is -1.47. The van der Waals surface area contributed by atoms with Crippen LogP contribution in [-0.4, -0.2) is 6.29 Å². The van der Waals surface area contributed by atoms with Crippen molar-refractivity contribution in [3.05, 3.63) is 12.2 Å². The molecule has 10 heavy (non-hydrogen) atoms. The van der Waals surface area contributed by atoms with Gasteiger partial charge in [0.05, 0.1) is 0 Å². The number of unbranched alkanes of at least 4 members (excludes halogenated alkanes) is 1. The Morgan fingerprint density at radius 2 is 2.30 bits per heavy atom. The average Bonchev–Trinajstić information content (AvgIpc) is 1.97. The molecular formula is C9H8O. The van der Waals surface area contributed by atoms with Crippen molar-refractivity contribution in [1.82, 2.24) is 0 Å². The first-order chi connectivity index (χ1) is 4.91. The standard InChI is InChI=1S/C9H8O/c1-2-3-4-5-6-7-8-9-10/h1,7-9H,5-6H2/b8-7-. The normalized spacial score (nSPS) is 7.90. The molecule has 0 aromatic rings. The maximum Gasteiger partial charge on any atom is 0.142 e. The van der Waals surface area contributed by atoms with Gasteiger partial charge in [0.2, 0.25) is 0 Å². The van der Waals surface area contributed by atoms with E-state index in [2.05, 4.69) is 17.8 Å². The number of aldehydes is 1. The molecule has 0 heterocycles. The molecule has 1 nitrogen and oxygen atoms in total. The van der Waals surface area contributed by atoms with Crippen LogP contribution >= 0.6 is 0 Å². The van der Waals surface area contributed by atoms with E-state index < -0.39 is 0 Å². The van der Waals surface area contributed by atoms with Gasteiger partial charge in [0.1, 0.15) is 6.29 Å². The van der Waals surface area contributed by atoms with Gasteiger partial charge in [0.15, 0.2) is 0 Å². The zero-order chi connectivity index (χ0) is 7.66. The Balaban J connectivity index is 3.31. The van der Waals surface area contributed by atoms with Crippen LogP contribution in [0.2, 0.25) is 0 Å². The van der Waals surface area contributed by atoms with E-state index in [-0.39, 0.29) is 0 Å². The van der Waals surface area contributed by atoms with E-state index in [0.29, 0.717) is 6.42 Å². The van der Waals surface area contributed by atoms with Crippen molar-refractivity contribution >= 4 is 6.29 Å². The van der Waals surface area contributed by atoms with Crippen LogP contribution < -0.4 is 0 Å². The van der Waals surface area contributed by atoms with Crippen LogP contribution in [-0.2, 0) is 4.79 Å². The summed E-state index contributed by atoms with van der Waals surface area (Å²) in [7, 11) is 0. The molecule has 0 bridgehead atoms. The third-order valence-electron chi connectivity index (χ3n) is 0.811. The summed E-state index contributed by atoms with van der Waals surface area (Å²) in [5, 5.41) is 0. The van der Waals surface area contributed by atoms with Gasteiger partial charge in [-0.2, -0.15) is 0 Å². The minimum Gasteiger partial charge on any atom is -0.299 e. The average molecular weight is 132 g/mol. The minimum absolute atomic E-state index is 0.717. The van der Waals surface area contributed by atoms with E-state index in [1.807, 2.05) is 0 Å². The summed E-state index contributed by atoms with van der Waals surface area (Å²) in [4.78, 5) is 9.74. The van der Waals surface area contributed by atoms with Crippen LogP contribution in [0.3, 0.4) is 0 Å². The molecule has 0 amide bonds. The van der Waals surface area contributed by atoms with Gasteiger partial charge < -0.3 is 0 Å². The van der Waals surface area contributed by atoms with Crippen LogP contribution in [0.5, 0.6) is 0 Å². The van der Waals surface area contributed by atoms with Crippen LogP contribution in [0.15, 0.2) is 12.2 Å². The highest BCUT2D eigenvalue weighted by Gasteiger charge is 1.72. The summed E-state index contributed by atoms with van der Waals surface area (Å²) >= 11 is 0. The fraction of sp³-hybridized carbons (Fsp3) is 0.222. The van der Waals surface area contributed by atoms with Gasteiger partial charge in [0.25, 0.3) is 0 Å². The summed E-state index contributed by atoms with van der Waals surface area (Å²) in [6.45, 7) is 0. The molecule has 0 aliphatic carbocycles. The number of hydrogen-bond acceptors (Lipinski definition) is 1. The molecule has 1 heteroatoms. The third-order valence-corrected chi connectivity index (χ3v) is 0.811. The van der Waals surface area contributed by atoms with Gasteiger partial charge in [-0.15, -0.1) is 6.42 Å². The van der Waals surface area contributed by atoms with Crippen molar-refractivity contribution in [3.8, 4) is 24.2 Å². The Bertz CT molecular complexity index is 207. The maximum atomic E-state index is 9.74. The van der Waals surface area contributed by atoms with Crippen LogP contribution in [0.4, 0.5) is 0 Å². The molecule has 0 spiro atoms. The predicted molar refractivity (Wildman–Crippen MR) is 41.0 cm³/mol. The molecule has 0 saturated heterocycles. The van der Waals surface area contributed by atoms with Crippen molar-refractivity contribution in [1.29, 1.82) is 0 Å². The smallest absolute Gasteiger partial charge is 0.142 e. The highest BCUT2D eigenvalue weighted by Crippen LogP contribution is 1.86. The van der Waals surface area contributed by atoms with Crippen LogP contribution in [0.25, 0.3) is 0 Å². The van der Waals surface area contributed by atoms with Crippen molar-refractivity contribution in [2.45, 2.75) is 12.8 Å².